The molecule has 0 radical (unpaired) electrons. The average molecular weight is 925 g/mol. The van der Waals surface area contributed by atoms with Gasteiger partial charge in [0.05, 0.1) is 12.7 Å². The zero-order valence-corrected chi connectivity index (χ0v) is 42.8. The quantitative estimate of drug-likeness (QED) is 0.0346. The minimum Gasteiger partial charge on any atom is -0.462 e. The lowest BCUT2D eigenvalue weighted by atomic mass is 9.92. The van der Waals surface area contributed by atoms with Crippen molar-refractivity contribution in [1.29, 1.82) is 0 Å². The van der Waals surface area contributed by atoms with Crippen molar-refractivity contribution in [2.75, 3.05) is 13.2 Å². The summed E-state index contributed by atoms with van der Waals surface area (Å²) < 4.78 is 17.1. The number of hydrogen-bond acceptors (Lipinski definition) is 9. The van der Waals surface area contributed by atoms with Crippen molar-refractivity contribution < 1.29 is 44.2 Å². The molecule has 1 aliphatic heterocycles. The van der Waals surface area contributed by atoms with Crippen LogP contribution >= 0.6 is 0 Å². The molecule has 1 fully saturated rings. The van der Waals surface area contributed by atoms with Crippen LogP contribution in [0.3, 0.4) is 0 Å². The first-order chi connectivity index (χ1) is 31.8. The molecule has 1 heterocycles. The van der Waals surface area contributed by atoms with Crippen LogP contribution in [0.25, 0.3) is 0 Å². The maximum absolute atomic E-state index is 12.9. The van der Waals surface area contributed by atoms with Gasteiger partial charge in [-0.1, -0.05) is 258 Å². The molecule has 1 aliphatic rings. The Labute approximate surface area is 401 Å². The second kappa shape index (κ2) is 46.5. The van der Waals surface area contributed by atoms with Crippen LogP contribution in [0.5, 0.6) is 0 Å². The summed E-state index contributed by atoms with van der Waals surface area (Å²) in [7, 11) is 0. The molecule has 6 atom stereocenters. The largest absolute Gasteiger partial charge is 0.462 e. The van der Waals surface area contributed by atoms with E-state index < -0.39 is 43.2 Å². The Morgan fingerprint density at radius 2 is 0.708 bits per heavy atom. The molecule has 4 N–H and O–H groups in total. The van der Waals surface area contributed by atoms with Crippen LogP contribution in [0.1, 0.15) is 296 Å². The first-order valence-electron chi connectivity index (χ1n) is 28.5. The summed E-state index contributed by atoms with van der Waals surface area (Å²) in [6.07, 6.45) is 46.2. The van der Waals surface area contributed by atoms with Gasteiger partial charge in [0, 0.05) is 12.8 Å². The highest BCUT2D eigenvalue weighted by atomic mass is 16.6. The number of rotatable bonds is 49. The number of esters is 2. The van der Waals surface area contributed by atoms with Crippen LogP contribution in [-0.2, 0) is 23.8 Å². The number of aliphatic hydroxyl groups excluding tert-OH is 4. The third-order valence-electron chi connectivity index (χ3n) is 14.0. The Bertz CT molecular complexity index is 1020. The van der Waals surface area contributed by atoms with Gasteiger partial charge in [0.1, 0.15) is 37.1 Å². The molecule has 386 valence electrons. The normalized spacial score (nSPS) is 19.1. The molecule has 1 rings (SSSR count). The van der Waals surface area contributed by atoms with Gasteiger partial charge in [0.15, 0.2) is 0 Å². The number of unbranched alkanes of at least 4 members (excludes halogenated alkanes) is 38. The molecule has 3 unspecified atom stereocenters. The van der Waals surface area contributed by atoms with E-state index in [1.165, 1.54) is 218 Å². The molecular formula is C56H108O9. The zero-order chi connectivity index (χ0) is 47.3. The summed E-state index contributed by atoms with van der Waals surface area (Å²) in [5, 5.41) is 40.6. The molecule has 9 heteroatoms. The maximum atomic E-state index is 12.9. The topological polar surface area (TPSA) is 143 Å². The summed E-state index contributed by atoms with van der Waals surface area (Å²) >= 11 is 0. The number of carbonyl (C=O) groups is 2. The Balaban J connectivity index is 2.20. The fourth-order valence-electron chi connectivity index (χ4n) is 9.50. The van der Waals surface area contributed by atoms with Crippen LogP contribution in [-0.4, -0.2) is 82.2 Å². The van der Waals surface area contributed by atoms with E-state index in [1.807, 2.05) is 0 Å². The van der Waals surface area contributed by atoms with Gasteiger partial charge in [-0.3, -0.25) is 9.59 Å². The van der Waals surface area contributed by atoms with E-state index >= 15 is 0 Å². The predicted molar refractivity (Wildman–Crippen MR) is 269 cm³/mol. The number of ether oxygens (including phenoxy) is 3. The zero-order valence-electron chi connectivity index (χ0n) is 42.8. The third kappa shape index (κ3) is 37.3. The summed E-state index contributed by atoms with van der Waals surface area (Å²) in [4.78, 5) is 25.6. The molecule has 0 spiro atoms. The van der Waals surface area contributed by atoms with Gasteiger partial charge >= 0.3 is 11.9 Å². The summed E-state index contributed by atoms with van der Waals surface area (Å²) in [6.45, 7) is 3.97. The highest BCUT2D eigenvalue weighted by molar-refractivity contribution is 5.70. The van der Waals surface area contributed by atoms with Crippen molar-refractivity contribution in [3.8, 4) is 0 Å². The van der Waals surface area contributed by atoms with Crippen LogP contribution in [0.2, 0.25) is 0 Å². The number of hydrogen-bond donors (Lipinski definition) is 4. The van der Waals surface area contributed by atoms with E-state index in [9.17, 15) is 30.0 Å². The average Bonchev–Trinajstić information content (AvgIpc) is 3.30. The second-order valence-corrected chi connectivity index (χ2v) is 20.2. The molecule has 1 saturated heterocycles. The fourth-order valence-corrected chi connectivity index (χ4v) is 9.50. The summed E-state index contributed by atoms with van der Waals surface area (Å²) in [5.41, 5.74) is 0. The Morgan fingerprint density at radius 3 is 1.03 bits per heavy atom. The number of aliphatic hydroxyl groups is 4. The lowest BCUT2D eigenvalue weighted by Crippen LogP contribution is -2.58. The van der Waals surface area contributed by atoms with E-state index in [-0.39, 0.29) is 31.4 Å². The fraction of sp³-hybridized carbons (Fsp3) is 0.964. The summed E-state index contributed by atoms with van der Waals surface area (Å²) in [6, 6.07) is 0. The molecular weight excluding hydrogens is 817 g/mol. The molecule has 9 nitrogen and oxygen atoms in total. The van der Waals surface area contributed by atoms with Crippen molar-refractivity contribution in [1.82, 2.24) is 0 Å². The smallest absolute Gasteiger partial charge is 0.306 e. The summed E-state index contributed by atoms with van der Waals surface area (Å²) in [5.74, 6) is -0.647. The van der Waals surface area contributed by atoms with E-state index in [2.05, 4.69) is 13.8 Å². The SMILES string of the molecule is CCCCCCCCCCCCCCCCCCCCCCC(=O)OC[C@H](CC[C@@H]1OC(CO)[C@H](O)C(O)C1O)OC(=O)CCCCCCCCCCCCCCCCCCCCCC. The first-order valence-corrected chi connectivity index (χ1v) is 28.5. The van der Waals surface area contributed by atoms with Gasteiger partial charge in [0.25, 0.3) is 0 Å². The van der Waals surface area contributed by atoms with E-state index in [4.69, 9.17) is 14.2 Å². The molecule has 0 aromatic rings. The van der Waals surface area contributed by atoms with Gasteiger partial charge in [-0.2, -0.15) is 0 Å². The maximum Gasteiger partial charge on any atom is 0.306 e. The van der Waals surface area contributed by atoms with E-state index in [0.717, 1.165) is 38.5 Å². The lowest BCUT2D eigenvalue weighted by Gasteiger charge is -2.40. The van der Waals surface area contributed by atoms with Crippen molar-refractivity contribution >= 4 is 11.9 Å². The van der Waals surface area contributed by atoms with Crippen LogP contribution < -0.4 is 0 Å². The van der Waals surface area contributed by atoms with Crippen LogP contribution in [0.15, 0.2) is 0 Å². The monoisotopic (exact) mass is 925 g/mol. The molecule has 0 aliphatic carbocycles. The van der Waals surface area contributed by atoms with Crippen molar-refractivity contribution in [2.45, 2.75) is 333 Å². The molecule has 0 bridgehead atoms. The van der Waals surface area contributed by atoms with E-state index in [1.54, 1.807) is 0 Å². The van der Waals surface area contributed by atoms with Gasteiger partial charge in [0.2, 0.25) is 0 Å². The second-order valence-electron chi connectivity index (χ2n) is 20.2. The Hall–Kier alpha value is -1.26. The molecule has 0 amide bonds. The molecule has 65 heavy (non-hydrogen) atoms. The highest BCUT2D eigenvalue weighted by Gasteiger charge is 2.43. The third-order valence-corrected chi connectivity index (χ3v) is 14.0. The molecule has 0 aromatic heterocycles. The van der Waals surface area contributed by atoms with Gasteiger partial charge in [-0.05, 0) is 25.7 Å². The number of carbonyl (C=O) groups excluding carboxylic acids is 2. The van der Waals surface area contributed by atoms with Crippen molar-refractivity contribution in [2.24, 2.45) is 0 Å². The minimum atomic E-state index is -1.46. The Morgan fingerprint density at radius 1 is 0.415 bits per heavy atom. The van der Waals surface area contributed by atoms with Crippen LogP contribution in [0, 0.1) is 0 Å². The standard InChI is InChI=1S/C56H108O9/c1-3-5-7-9-11-13-15-17-19-21-23-25-27-29-31-33-35-37-39-41-43-52(58)63-48-49(45-46-50-54(60)56(62)55(61)51(47-57)65-50)64-53(59)44-42-40-38-36-34-32-30-28-26-24-22-20-18-16-14-12-10-8-6-4-2/h49-51,54-57,60-62H,3-48H2,1-2H3/t49-,50-,51?,54?,55-,56?/m0/s1. The van der Waals surface area contributed by atoms with Crippen molar-refractivity contribution in [3.63, 3.8) is 0 Å². The molecule has 0 aromatic carbocycles. The minimum absolute atomic E-state index is 0.0829. The van der Waals surface area contributed by atoms with Gasteiger partial charge < -0.3 is 34.6 Å². The van der Waals surface area contributed by atoms with Gasteiger partial charge in [-0.15, -0.1) is 0 Å². The van der Waals surface area contributed by atoms with Crippen LogP contribution in [0.4, 0.5) is 0 Å². The lowest BCUT2D eigenvalue weighted by molar-refractivity contribution is -0.231. The highest BCUT2D eigenvalue weighted by Crippen LogP contribution is 2.26. The van der Waals surface area contributed by atoms with Gasteiger partial charge in [-0.25, -0.2) is 0 Å². The van der Waals surface area contributed by atoms with Crippen molar-refractivity contribution in [3.05, 3.63) is 0 Å². The Kier molecular flexibility index (Phi) is 44.1. The predicted octanol–water partition coefficient (Wildman–Crippen LogP) is 14.5. The first kappa shape index (κ1) is 61.8. The van der Waals surface area contributed by atoms with E-state index in [0.29, 0.717) is 12.8 Å². The molecule has 0 saturated carbocycles.